The van der Waals surface area contributed by atoms with Gasteiger partial charge in [0.25, 0.3) is 0 Å². The molecule has 0 aromatic carbocycles. The Hall–Kier alpha value is -1.92. The van der Waals surface area contributed by atoms with Crippen LogP contribution in [0.2, 0.25) is 0 Å². The number of hydrogen-bond acceptors (Lipinski definition) is 3. The number of ketones is 1. The molecule has 0 saturated heterocycles. The van der Waals surface area contributed by atoms with E-state index < -0.39 is 29.1 Å². The standard InChI is InChI=1S/C8H4F3NO3/c9-5-3-12-2-1-4(5)6(13)8(10,11)7(14)15/h1-3H,(H,14,15). The Balaban J connectivity index is 3.16. The van der Waals surface area contributed by atoms with Crippen molar-refractivity contribution in [3.63, 3.8) is 0 Å². The SMILES string of the molecule is O=C(O)C(F)(F)C(=O)c1ccncc1F. The highest BCUT2D eigenvalue weighted by molar-refractivity contribution is 6.13. The number of aliphatic carboxylic acids is 1. The van der Waals surface area contributed by atoms with E-state index in [-0.39, 0.29) is 0 Å². The van der Waals surface area contributed by atoms with Crippen LogP contribution in [-0.2, 0) is 4.79 Å². The van der Waals surface area contributed by atoms with Gasteiger partial charge in [-0.15, -0.1) is 0 Å². The first-order chi connectivity index (χ1) is 6.87. The summed E-state index contributed by atoms with van der Waals surface area (Å²) in [5, 5.41) is 8.05. The molecule has 0 fully saturated rings. The van der Waals surface area contributed by atoms with Gasteiger partial charge in [0.05, 0.1) is 11.8 Å². The van der Waals surface area contributed by atoms with E-state index in [9.17, 15) is 22.8 Å². The van der Waals surface area contributed by atoms with Crippen LogP contribution in [0.25, 0.3) is 0 Å². The number of carbonyl (C=O) groups excluding carboxylic acids is 1. The van der Waals surface area contributed by atoms with Crippen LogP contribution in [0.1, 0.15) is 10.4 Å². The van der Waals surface area contributed by atoms with Crippen molar-refractivity contribution in [1.29, 1.82) is 0 Å². The molecule has 0 aliphatic carbocycles. The Morgan fingerprint density at radius 2 is 2.00 bits per heavy atom. The second-order valence-corrected chi connectivity index (χ2v) is 2.56. The maximum absolute atomic E-state index is 12.8. The highest BCUT2D eigenvalue weighted by Gasteiger charge is 2.48. The van der Waals surface area contributed by atoms with Crippen LogP contribution < -0.4 is 0 Å². The zero-order valence-electron chi connectivity index (χ0n) is 7.08. The van der Waals surface area contributed by atoms with Gasteiger partial charge in [-0.3, -0.25) is 9.78 Å². The van der Waals surface area contributed by atoms with Gasteiger partial charge in [0.2, 0.25) is 5.78 Å². The Kier molecular flexibility index (Phi) is 2.74. The minimum Gasteiger partial charge on any atom is -0.476 e. The largest absolute Gasteiger partial charge is 0.476 e. The summed E-state index contributed by atoms with van der Waals surface area (Å²) in [5.74, 6) is -10.6. The summed E-state index contributed by atoms with van der Waals surface area (Å²) in [6.07, 6.45) is 1.46. The van der Waals surface area contributed by atoms with Crippen molar-refractivity contribution in [2.75, 3.05) is 0 Å². The smallest absolute Gasteiger partial charge is 0.404 e. The lowest BCUT2D eigenvalue weighted by atomic mass is 10.1. The van der Waals surface area contributed by atoms with Gasteiger partial charge in [-0.2, -0.15) is 8.78 Å². The highest BCUT2D eigenvalue weighted by atomic mass is 19.3. The van der Waals surface area contributed by atoms with Crippen LogP contribution in [0.15, 0.2) is 18.5 Å². The summed E-state index contributed by atoms with van der Waals surface area (Å²) >= 11 is 0. The molecule has 1 rings (SSSR count). The summed E-state index contributed by atoms with van der Waals surface area (Å²) in [7, 11) is 0. The predicted molar refractivity (Wildman–Crippen MR) is 41.1 cm³/mol. The molecule has 0 spiro atoms. The van der Waals surface area contributed by atoms with Crippen LogP contribution >= 0.6 is 0 Å². The number of carboxylic acids is 1. The van der Waals surface area contributed by atoms with E-state index in [2.05, 4.69) is 4.98 Å². The van der Waals surface area contributed by atoms with Crippen LogP contribution in [0.5, 0.6) is 0 Å². The first-order valence-electron chi connectivity index (χ1n) is 3.63. The molecular formula is C8H4F3NO3. The minimum absolute atomic E-state index is 0.547. The van der Waals surface area contributed by atoms with Crippen molar-refractivity contribution in [2.24, 2.45) is 0 Å². The third-order valence-electron chi connectivity index (χ3n) is 1.57. The summed E-state index contributed by atoms with van der Waals surface area (Å²) < 4.78 is 38.2. The first kappa shape index (κ1) is 11.2. The highest BCUT2D eigenvalue weighted by Crippen LogP contribution is 2.21. The number of rotatable bonds is 3. The molecule has 4 nitrogen and oxygen atoms in total. The topological polar surface area (TPSA) is 67.3 Å². The molecule has 0 atom stereocenters. The summed E-state index contributed by atoms with van der Waals surface area (Å²) in [5.41, 5.74) is -1.00. The van der Waals surface area contributed by atoms with Crippen molar-refractivity contribution >= 4 is 11.8 Å². The number of carboxylic acid groups (broad SMARTS) is 1. The lowest BCUT2D eigenvalue weighted by Gasteiger charge is -2.09. The van der Waals surface area contributed by atoms with Crippen LogP contribution in [0.4, 0.5) is 13.2 Å². The first-order valence-corrected chi connectivity index (χ1v) is 3.63. The van der Waals surface area contributed by atoms with Gasteiger partial charge in [0.15, 0.2) is 5.82 Å². The maximum atomic E-state index is 12.8. The van der Waals surface area contributed by atoms with E-state index in [1.165, 1.54) is 0 Å². The molecule has 1 heterocycles. The van der Waals surface area contributed by atoms with E-state index >= 15 is 0 Å². The maximum Gasteiger partial charge on any atom is 0.404 e. The third-order valence-corrected chi connectivity index (χ3v) is 1.57. The molecule has 0 aliphatic rings. The van der Waals surface area contributed by atoms with Gasteiger partial charge in [-0.1, -0.05) is 0 Å². The fraction of sp³-hybridized carbons (Fsp3) is 0.125. The molecule has 1 aromatic rings. The zero-order chi connectivity index (χ0) is 11.6. The van der Waals surface area contributed by atoms with Gasteiger partial charge < -0.3 is 5.11 Å². The molecule has 80 valence electrons. The summed E-state index contributed by atoms with van der Waals surface area (Å²) in [4.78, 5) is 24.2. The molecule has 0 saturated carbocycles. The number of hydrogen-bond donors (Lipinski definition) is 1. The van der Waals surface area contributed by atoms with Crippen molar-refractivity contribution in [1.82, 2.24) is 4.98 Å². The number of Topliss-reactive ketones (excluding diaryl/α,β-unsaturated/α-hetero) is 1. The fourth-order valence-electron chi connectivity index (χ4n) is 0.826. The normalized spacial score (nSPS) is 11.1. The molecule has 0 bridgehead atoms. The molecule has 0 aliphatic heterocycles. The van der Waals surface area contributed by atoms with Gasteiger partial charge >= 0.3 is 11.9 Å². The average Bonchev–Trinajstić information content (AvgIpc) is 2.17. The lowest BCUT2D eigenvalue weighted by Crippen LogP contribution is -2.38. The van der Waals surface area contributed by atoms with Gasteiger partial charge in [-0.25, -0.2) is 9.18 Å². The number of alkyl halides is 2. The van der Waals surface area contributed by atoms with Gasteiger partial charge in [0, 0.05) is 6.20 Å². The van der Waals surface area contributed by atoms with Crippen molar-refractivity contribution in [2.45, 2.75) is 5.92 Å². The average molecular weight is 219 g/mol. The molecule has 0 radical (unpaired) electrons. The molecule has 15 heavy (non-hydrogen) atoms. The monoisotopic (exact) mass is 219 g/mol. The molecule has 1 aromatic heterocycles. The number of nitrogens with zero attached hydrogens (tertiary/aromatic N) is 1. The molecule has 7 heteroatoms. The lowest BCUT2D eigenvalue weighted by molar-refractivity contribution is -0.157. The molecule has 1 N–H and O–H groups in total. The second-order valence-electron chi connectivity index (χ2n) is 2.56. The number of halogens is 3. The number of pyridine rings is 1. The fourth-order valence-corrected chi connectivity index (χ4v) is 0.826. The quantitative estimate of drug-likeness (QED) is 0.611. The van der Waals surface area contributed by atoms with E-state index in [0.717, 1.165) is 6.20 Å². The second kappa shape index (κ2) is 3.68. The Morgan fingerprint density at radius 1 is 1.40 bits per heavy atom. The van der Waals surface area contributed by atoms with E-state index in [1.54, 1.807) is 0 Å². The molecular weight excluding hydrogens is 215 g/mol. The Bertz CT molecular complexity index is 419. The third kappa shape index (κ3) is 1.95. The van der Waals surface area contributed by atoms with Crippen molar-refractivity contribution < 1.29 is 27.9 Å². The van der Waals surface area contributed by atoms with Gasteiger partial charge in [0.1, 0.15) is 0 Å². The summed E-state index contributed by atoms with van der Waals surface area (Å²) in [6.45, 7) is 0. The van der Waals surface area contributed by atoms with E-state index in [4.69, 9.17) is 5.11 Å². The predicted octanol–water partition coefficient (Wildman–Crippen LogP) is 1.12. The Labute approximate surface area is 81.4 Å². The number of carbonyl (C=O) groups is 2. The van der Waals surface area contributed by atoms with Gasteiger partial charge in [-0.05, 0) is 6.07 Å². The Morgan fingerprint density at radius 3 is 2.47 bits per heavy atom. The minimum atomic E-state index is -4.64. The van der Waals surface area contributed by atoms with E-state index in [1.807, 2.05) is 0 Å². The van der Waals surface area contributed by atoms with Crippen LogP contribution in [0, 0.1) is 5.82 Å². The zero-order valence-corrected chi connectivity index (χ0v) is 7.08. The number of aromatic nitrogens is 1. The summed E-state index contributed by atoms with van der Waals surface area (Å²) in [6, 6.07) is 0.689. The molecule has 0 amide bonds. The van der Waals surface area contributed by atoms with Crippen molar-refractivity contribution in [3.05, 3.63) is 29.8 Å². The van der Waals surface area contributed by atoms with Crippen LogP contribution in [-0.4, -0.2) is 27.8 Å². The van der Waals surface area contributed by atoms with Crippen LogP contribution in [0.3, 0.4) is 0 Å². The van der Waals surface area contributed by atoms with Crippen molar-refractivity contribution in [3.8, 4) is 0 Å². The van der Waals surface area contributed by atoms with E-state index in [0.29, 0.717) is 12.3 Å². The molecule has 0 unspecified atom stereocenters.